The lowest BCUT2D eigenvalue weighted by atomic mass is 10.3. The van der Waals surface area contributed by atoms with E-state index in [1.165, 1.54) is 58.1 Å². The number of nitro groups is 2. The molecule has 1 aromatic heterocycles. The lowest BCUT2D eigenvalue weighted by Crippen LogP contribution is -1.93. The number of nitrogens with zero attached hydrogens (tertiary/aromatic N) is 3. The summed E-state index contributed by atoms with van der Waals surface area (Å²) in [5.74, 6) is 0. The van der Waals surface area contributed by atoms with E-state index >= 15 is 0 Å². The highest BCUT2D eigenvalue weighted by atomic mass is 33.1. The molecule has 1 aromatic rings. The molecule has 1 rings (SSSR count). The van der Waals surface area contributed by atoms with Crippen molar-refractivity contribution in [2.24, 2.45) is 0 Å². The Hall–Kier alpha value is -2.13. The zero-order valence-corrected chi connectivity index (χ0v) is 12.6. The Morgan fingerprint density at radius 3 is 2.52 bits per heavy atom. The van der Waals surface area contributed by atoms with Crippen molar-refractivity contribution in [2.45, 2.75) is 11.9 Å². The topological polar surface area (TPSA) is 99.2 Å². The molecule has 110 valence electrons. The van der Waals surface area contributed by atoms with Crippen LogP contribution in [0.15, 0.2) is 58.8 Å². The van der Waals surface area contributed by atoms with Gasteiger partial charge >= 0.3 is 0 Å². The quantitative estimate of drug-likeness (QED) is 0.323. The third-order valence-corrected chi connectivity index (χ3v) is 4.36. The van der Waals surface area contributed by atoms with Crippen LogP contribution in [-0.4, -0.2) is 14.8 Å². The van der Waals surface area contributed by atoms with Crippen LogP contribution in [0.25, 0.3) is 0 Å². The third kappa shape index (κ3) is 5.79. The van der Waals surface area contributed by atoms with Crippen molar-refractivity contribution in [1.29, 1.82) is 0 Å². The van der Waals surface area contributed by atoms with Crippen LogP contribution in [0, 0.1) is 20.2 Å². The van der Waals surface area contributed by atoms with Crippen molar-refractivity contribution < 1.29 is 9.85 Å². The molecule has 0 radical (unpaired) electrons. The summed E-state index contributed by atoms with van der Waals surface area (Å²) in [5.41, 5.74) is -0.0954. The maximum Gasteiger partial charge on any atom is 0.287 e. The zero-order valence-electron chi connectivity index (χ0n) is 11.0. The summed E-state index contributed by atoms with van der Waals surface area (Å²) in [5, 5.41) is 21.7. The Morgan fingerprint density at radius 2 is 2.05 bits per heavy atom. The summed E-state index contributed by atoms with van der Waals surface area (Å²) in [6.45, 7) is 5.33. The number of rotatable bonds is 7. The molecule has 0 aliphatic carbocycles. The molecular weight excluding hydrogens is 314 g/mol. The molecule has 21 heavy (non-hydrogen) atoms. The van der Waals surface area contributed by atoms with Gasteiger partial charge in [-0.25, -0.2) is 4.98 Å². The minimum Gasteiger partial charge on any atom is -0.258 e. The fraction of sp³-hybridized carbons (Fsp3) is 0.0833. The van der Waals surface area contributed by atoms with E-state index in [0.717, 1.165) is 0 Å². The maximum atomic E-state index is 10.6. The van der Waals surface area contributed by atoms with Crippen LogP contribution >= 0.6 is 21.6 Å². The predicted octanol–water partition coefficient (Wildman–Crippen LogP) is 3.98. The normalized spacial score (nSPS) is 11.6. The number of pyridine rings is 1. The Labute approximate surface area is 128 Å². The van der Waals surface area contributed by atoms with Gasteiger partial charge in [-0.05, 0) is 35.9 Å². The largest absolute Gasteiger partial charge is 0.287 e. The van der Waals surface area contributed by atoms with Crippen LogP contribution in [-0.2, 0) is 0 Å². The minimum absolute atomic E-state index is 0.0183. The van der Waals surface area contributed by atoms with Crippen LogP contribution in [0.3, 0.4) is 0 Å². The van der Waals surface area contributed by atoms with Gasteiger partial charge in [0, 0.05) is 17.0 Å². The van der Waals surface area contributed by atoms with Gasteiger partial charge in [0.05, 0.1) is 9.85 Å². The summed E-state index contributed by atoms with van der Waals surface area (Å²) in [4.78, 5) is 24.6. The molecule has 0 saturated carbocycles. The van der Waals surface area contributed by atoms with Gasteiger partial charge < -0.3 is 0 Å². The van der Waals surface area contributed by atoms with Gasteiger partial charge in [0.25, 0.3) is 11.4 Å². The number of allylic oxidation sites excluding steroid dienone is 3. The van der Waals surface area contributed by atoms with E-state index in [1.807, 2.05) is 0 Å². The van der Waals surface area contributed by atoms with E-state index in [2.05, 4.69) is 11.6 Å². The van der Waals surface area contributed by atoms with Gasteiger partial charge in [0.2, 0.25) is 0 Å². The lowest BCUT2D eigenvalue weighted by Gasteiger charge is -1.99. The Kier molecular flexibility index (Phi) is 6.63. The van der Waals surface area contributed by atoms with Crippen LogP contribution in [0.4, 0.5) is 5.69 Å². The smallest absolute Gasteiger partial charge is 0.258 e. The first-order chi connectivity index (χ1) is 9.93. The first kappa shape index (κ1) is 16.9. The molecule has 0 fully saturated rings. The predicted molar refractivity (Wildman–Crippen MR) is 83.4 cm³/mol. The molecule has 0 spiro atoms. The van der Waals surface area contributed by atoms with E-state index in [-0.39, 0.29) is 11.4 Å². The zero-order chi connectivity index (χ0) is 15.8. The van der Waals surface area contributed by atoms with Gasteiger partial charge in [-0.2, -0.15) is 0 Å². The van der Waals surface area contributed by atoms with E-state index in [4.69, 9.17) is 0 Å². The molecule has 1 heterocycles. The van der Waals surface area contributed by atoms with Crippen LogP contribution < -0.4 is 0 Å². The van der Waals surface area contributed by atoms with Gasteiger partial charge in [0.15, 0.2) is 0 Å². The molecule has 0 aliphatic heterocycles. The summed E-state index contributed by atoms with van der Waals surface area (Å²) < 4.78 is 0. The van der Waals surface area contributed by atoms with Gasteiger partial charge in [0.1, 0.15) is 11.2 Å². The molecular formula is C12H11N3O4S2. The third-order valence-electron chi connectivity index (χ3n) is 2.11. The highest BCUT2D eigenvalue weighted by Crippen LogP contribution is 2.35. The lowest BCUT2D eigenvalue weighted by molar-refractivity contribution is -0.419. The van der Waals surface area contributed by atoms with Crippen molar-refractivity contribution in [3.8, 4) is 0 Å². The summed E-state index contributed by atoms with van der Waals surface area (Å²) >= 11 is 0. The van der Waals surface area contributed by atoms with E-state index < -0.39 is 9.85 Å². The number of hydrogen-bond donors (Lipinski definition) is 0. The highest BCUT2D eigenvalue weighted by molar-refractivity contribution is 8.78. The second-order valence-corrected chi connectivity index (χ2v) is 5.82. The average Bonchev–Trinajstić information content (AvgIpc) is 2.45. The van der Waals surface area contributed by atoms with Gasteiger partial charge in [-0.1, -0.05) is 17.4 Å². The second kappa shape index (κ2) is 8.22. The van der Waals surface area contributed by atoms with E-state index in [1.54, 1.807) is 6.92 Å². The van der Waals surface area contributed by atoms with Crippen LogP contribution in [0.2, 0.25) is 0 Å². The fourth-order valence-electron chi connectivity index (χ4n) is 1.09. The van der Waals surface area contributed by atoms with Crippen molar-refractivity contribution in [3.63, 3.8) is 0 Å². The fourth-order valence-corrected chi connectivity index (χ4v) is 2.67. The van der Waals surface area contributed by atoms with Crippen molar-refractivity contribution in [2.75, 3.05) is 0 Å². The molecule has 0 aromatic carbocycles. The number of aromatic nitrogens is 1. The van der Waals surface area contributed by atoms with Gasteiger partial charge in [-0.3, -0.25) is 20.2 Å². The van der Waals surface area contributed by atoms with Crippen LogP contribution in [0.1, 0.15) is 6.92 Å². The second-order valence-electron chi connectivity index (χ2n) is 3.55. The molecule has 7 nitrogen and oxygen atoms in total. The first-order valence-corrected chi connectivity index (χ1v) is 7.71. The Morgan fingerprint density at radius 1 is 1.33 bits per heavy atom. The average molecular weight is 325 g/mol. The van der Waals surface area contributed by atoms with Crippen LogP contribution in [0.5, 0.6) is 0 Å². The Bertz CT molecular complexity index is 611. The minimum atomic E-state index is -0.521. The maximum absolute atomic E-state index is 10.6. The molecule has 0 bridgehead atoms. The number of hydrogen-bond acceptors (Lipinski definition) is 7. The standard InChI is InChI=1S/C12H11N3O4S2/c1-3-10(14(16)17)5-4-9(2)20-21-12-7-6-11(8-13-12)15(18)19/h3-8H,2H2,1H3/b5-4-,10-3+. The molecule has 9 heteroatoms. The molecule has 0 amide bonds. The monoisotopic (exact) mass is 325 g/mol. The molecule has 0 aliphatic rings. The molecule has 0 N–H and O–H groups in total. The first-order valence-electron chi connectivity index (χ1n) is 5.56. The van der Waals surface area contributed by atoms with Crippen molar-refractivity contribution in [1.82, 2.24) is 4.98 Å². The van der Waals surface area contributed by atoms with E-state index in [0.29, 0.717) is 9.93 Å². The summed E-state index contributed by atoms with van der Waals surface area (Å²) in [6, 6.07) is 2.89. The summed E-state index contributed by atoms with van der Waals surface area (Å²) in [6.07, 6.45) is 5.45. The Balaban J connectivity index is 2.55. The van der Waals surface area contributed by atoms with Crippen molar-refractivity contribution >= 4 is 27.3 Å². The van der Waals surface area contributed by atoms with E-state index in [9.17, 15) is 20.2 Å². The summed E-state index contributed by atoms with van der Waals surface area (Å²) in [7, 11) is 2.52. The molecule has 0 unspecified atom stereocenters. The SMILES string of the molecule is C=C(/C=C\C(=C/C)[N+](=O)[O-])SSc1ccc([N+](=O)[O-])cn1. The molecule has 0 atom stereocenters. The van der Waals surface area contributed by atoms with Gasteiger partial charge in [-0.15, -0.1) is 0 Å². The van der Waals surface area contributed by atoms with Crippen molar-refractivity contribution in [3.05, 3.63) is 74.0 Å². The molecule has 0 saturated heterocycles. The highest BCUT2D eigenvalue weighted by Gasteiger charge is 2.06.